The summed E-state index contributed by atoms with van der Waals surface area (Å²) in [4.78, 5) is 0. The molecule has 0 N–H and O–H groups in total. The number of benzene rings is 1. The molecule has 0 aliphatic carbocycles. The highest BCUT2D eigenvalue weighted by molar-refractivity contribution is 8.00. The average molecular weight is 354 g/mol. The van der Waals surface area contributed by atoms with Gasteiger partial charge in [-0.3, -0.25) is 0 Å². The number of hydrogen-bond donors (Lipinski definition) is 0. The van der Waals surface area contributed by atoms with E-state index in [1.807, 2.05) is 0 Å². The largest absolute Gasteiger partial charge is 0.741 e. The van der Waals surface area contributed by atoms with E-state index in [-0.39, 0.29) is 0 Å². The smallest absolute Gasteiger partial charge is 0.485 e. The van der Waals surface area contributed by atoms with Crippen molar-refractivity contribution in [3.05, 3.63) is 41.3 Å². The molecule has 0 saturated carbocycles. The fraction of sp³-hybridized carbons (Fsp3) is 0.429. The summed E-state index contributed by atoms with van der Waals surface area (Å²) in [5.74, 6) is 2.84. The van der Waals surface area contributed by atoms with Crippen LogP contribution in [0, 0.1) is 0 Å². The van der Waals surface area contributed by atoms with Crippen molar-refractivity contribution in [2.75, 3.05) is 11.5 Å². The fourth-order valence-corrected chi connectivity index (χ4v) is 4.04. The molecule has 1 fully saturated rings. The van der Waals surface area contributed by atoms with Crippen LogP contribution in [-0.4, -0.2) is 30.0 Å². The van der Waals surface area contributed by atoms with Crippen molar-refractivity contribution >= 4 is 26.6 Å². The first-order chi connectivity index (χ1) is 10.1. The molecule has 3 nitrogen and oxygen atoms in total. The van der Waals surface area contributed by atoms with Gasteiger partial charge in [-0.1, -0.05) is 30.3 Å². The summed E-state index contributed by atoms with van der Waals surface area (Å²) < 4.78 is 58.9. The monoisotopic (exact) mass is 354 g/mol. The predicted octanol–water partition coefficient (Wildman–Crippen LogP) is 3.51. The third-order valence-electron chi connectivity index (χ3n) is 2.92. The van der Waals surface area contributed by atoms with Crippen LogP contribution in [0.4, 0.5) is 13.2 Å². The SMILES string of the molecule is CC(=C[S+]1CCCC1)c1ccccc1.O=S(=O)([O-])C(F)(F)F. The van der Waals surface area contributed by atoms with Crippen molar-refractivity contribution in [1.82, 2.24) is 0 Å². The van der Waals surface area contributed by atoms with Crippen LogP contribution >= 0.6 is 0 Å². The Morgan fingerprint density at radius 3 is 2.05 bits per heavy atom. The molecule has 0 amide bonds. The molecule has 8 heteroatoms. The Labute approximate surface area is 131 Å². The van der Waals surface area contributed by atoms with E-state index < -0.39 is 15.6 Å². The summed E-state index contributed by atoms with van der Waals surface area (Å²) in [6.45, 7) is 2.24. The van der Waals surface area contributed by atoms with Gasteiger partial charge in [0.1, 0.15) is 16.9 Å². The van der Waals surface area contributed by atoms with Crippen LogP contribution in [0.25, 0.3) is 5.57 Å². The lowest BCUT2D eigenvalue weighted by molar-refractivity contribution is -0.0517. The second-order valence-electron chi connectivity index (χ2n) is 4.72. The van der Waals surface area contributed by atoms with Crippen LogP contribution in [0.5, 0.6) is 0 Å². The molecule has 0 atom stereocenters. The Balaban J connectivity index is 0.000000261. The Morgan fingerprint density at radius 2 is 1.64 bits per heavy atom. The Morgan fingerprint density at radius 1 is 1.18 bits per heavy atom. The van der Waals surface area contributed by atoms with Crippen molar-refractivity contribution in [2.24, 2.45) is 0 Å². The van der Waals surface area contributed by atoms with Gasteiger partial charge in [0.05, 0.1) is 0 Å². The van der Waals surface area contributed by atoms with E-state index in [0.29, 0.717) is 10.9 Å². The van der Waals surface area contributed by atoms with Gasteiger partial charge in [0.25, 0.3) is 0 Å². The van der Waals surface area contributed by atoms with Gasteiger partial charge in [0.2, 0.25) is 0 Å². The molecule has 1 aromatic rings. The van der Waals surface area contributed by atoms with Crippen molar-refractivity contribution in [3.8, 4) is 0 Å². The van der Waals surface area contributed by atoms with Crippen LogP contribution in [-0.2, 0) is 21.0 Å². The normalized spacial score (nSPS) is 17.0. The lowest BCUT2D eigenvalue weighted by Gasteiger charge is -2.08. The maximum atomic E-state index is 10.7. The first-order valence-corrected chi connectivity index (χ1v) is 9.57. The highest BCUT2D eigenvalue weighted by Crippen LogP contribution is 2.21. The zero-order valence-electron chi connectivity index (χ0n) is 12.0. The molecule has 0 radical (unpaired) electrons. The standard InChI is InChI=1S/C13H17S.CHF3O3S/c1-12(11-14-9-5-6-10-14)13-7-3-2-4-8-13;2-1(3,4)8(5,6)7/h2-4,7-8,11H,5-6,9-10H2,1H3;(H,5,6,7)/q+1;/p-1. The lowest BCUT2D eigenvalue weighted by atomic mass is 10.1. The molecule has 1 aliphatic rings. The van der Waals surface area contributed by atoms with Gasteiger partial charge in [-0.05, 0) is 25.3 Å². The third kappa shape index (κ3) is 6.41. The first-order valence-electron chi connectivity index (χ1n) is 6.53. The van der Waals surface area contributed by atoms with E-state index in [2.05, 4.69) is 42.7 Å². The molecule has 22 heavy (non-hydrogen) atoms. The van der Waals surface area contributed by atoms with E-state index in [1.165, 1.54) is 35.5 Å². The maximum Gasteiger partial charge on any atom is 0.485 e. The van der Waals surface area contributed by atoms with Gasteiger partial charge in [-0.25, -0.2) is 8.42 Å². The molecule has 124 valence electrons. The Bertz CT molecular complexity index is 590. The van der Waals surface area contributed by atoms with E-state index in [0.717, 1.165) is 0 Å². The summed E-state index contributed by atoms with van der Waals surface area (Å²) in [6.07, 6.45) is 2.86. The minimum absolute atomic E-state index is 0.580. The maximum absolute atomic E-state index is 10.7. The molecule has 0 spiro atoms. The molecule has 0 aromatic heterocycles. The minimum atomic E-state index is -6.09. The number of hydrogen-bond acceptors (Lipinski definition) is 3. The van der Waals surface area contributed by atoms with Crippen LogP contribution in [0.2, 0.25) is 0 Å². The summed E-state index contributed by atoms with van der Waals surface area (Å²) in [5.41, 5.74) is -2.81. The number of rotatable bonds is 2. The molecule has 2 rings (SSSR count). The zero-order valence-corrected chi connectivity index (χ0v) is 13.6. The van der Waals surface area contributed by atoms with Crippen molar-refractivity contribution in [2.45, 2.75) is 25.3 Å². The molecule has 1 heterocycles. The molecule has 1 aromatic carbocycles. The van der Waals surface area contributed by atoms with E-state index in [4.69, 9.17) is 13.0 Å². The summed E-state index contributed by atoms with van der Waals surface area (Å²) in [7, 11) is -5.51. The van der Waals surface area contributed by atoms with Crippen molar-refractivity contribution in [3.63, 3.8) is 0 Å². The second kappa shape index (κ2) is 8.03. The van der Waals surface area contributed by atoms with Crippen molar-refractivity contribution in [1.29, 1.82) is 0 Å². The average Bonchev–Trinajstić information content (AvgIpc) is 2.91. The van der Waals surface area contributed by atoms with Gasteiger partial charge in [-0.2, -0.15) is 13.2 Å². The zero-order chi connectivity index (χ0) is 16.8. The molecule has 0 unspecified atom stereocenters. The van der Waals surface area contributed by atoms with Crippen LogP contribution in [0.15, 0.2) is 35.7 Å². The molecule has 1 saturated heterocycles. The van der Waals surface area contributed by atoms with Gasteiger partial charge < -0.3 is 4.55 Å². The van der Waals surface area contributed by atoms with Gasteiger partial charge in [0, 0.05) is 16.5 Å². The Hall–Kier alpha value is -0.990. The Kier molecular flexibility index (Phi) is 6.96. The quantitative estimate of drug-likeness (QED) is 0.464. The number of allylic oxidation sites excluding steroid dienone is 1. The highest BCUT2D eigenvalue weighted by Gasteiger charge is 2.36. The highest BCUT2D eigenvalue weighted by atomic mass is 32.2. The van der Waals surface area contributed by atoms with Gasteiger partial charge in [-0.15, -0.1) is 0 Å². The van der Waals surface area contributed by atoms with Gasteiger partial charge in [0.15, 0.2) is 10.1 Å². The summed E-state index contributed by atoms with van der Waals surface area (Å²) >= 11 is 0. The fourth-order valence-electron chi connectivity index (χ4n) is 1.81. The van der Waals surface area contributed by atoms with E-state index in [9.17, 15) is 13.2 Å². The predicted molar refractivity (Wildman–Crippen MR) is 82.2 cm³/mol. The summed E-state index contributed by atoms with van der Waals surface area (Å²) in [5, 5.41) is 2.49. The topological polar surface area (TPSA) is 57.2 Å². The van der Waals surface area contributed by atoms with Crippen LogP contribution in [0.1, 0.15) is 25.3 Å². The van der Waals surface area contributed by atoms with E-state index >= 15 is 0 Å². The molecule has 1 aliphatic heterocycles. The molecular formula is C14H17F3O3S2. The lowest BCUT2D eigenvalue weighted by Crippen LogP contribution is -2.21. The van der Waals surface area contributed by atoms with Crippen molar-refractivity contribution < 1.29 is 26.1 Å². The number of halogens is 3. The molecular weight excluding hydrogens is 337 g/mol. The van der Waals surface area contributed by atoms with E-state index in [1.54, 1.807) is 0 Å². The number of alkyl halides is 3. The van der Waals surface area contributed by atoms with Crippen LogP contribution < -0.4 is 0 Å². The molecule has 0 bridgehead atoms. The minimum Gasteiger partial charge on any atom is -0.741 e. The first kappa shape index (κ1) is 19.1. The van der Waals surface area contributed by atoms with Crippen LogP contribution in [0.3, 0.4) is 0 Å². The third-order valence-corrected chi connectivity index (χ3v) is 5.80. The summed E-state index contributed by atoms with van der Waals surface area (Å²) in [6, 6.07) is 10.7. The second-order valence-corrected chi connectivity index (χ2v) is 8.22. The van der Waals surface area contributed by atoms with Gasteiger partial charge >= 0.3 is 5.51 Å².